The zero-order valence-electron chi connectivity index (χ0n) is 15.0. The number of hydrogen-bond donors (Lipinski definition) is 1. The third-order valence-corrected chi connectivity index (χ3v) is 4.87. The molecule has 158 valence electrons. The van der Waals surface area contributed by atoms with E-state index in [4.69, 9.17) is 13.9 Å². The molecule has 1 aromatic carbocycles. The van der Waals surface area contributed by atoms with E-state index in [0.717, 1.165) is 23.1 Å². The molecule has 29 heavy (non-hydrogen) atoms. The summed E-state index contributed by atoms with van der Waals surface area (Å²) in [6.07, 6.45) is -6.12. The lowest BCUT2D eigenvalue weighted by molar-refractivity contribution is -0.189. The van der Waals surface area contributed by atoms with Crippen molar-refractivity contribution in [1.82, 2.24) is 5.32 Å². The molecule has 0 spiro atoms. The van der Waals surface area contributed by atoms with E-state index in [-0.39, 0.29) is 55.3 Å². The van der Waals surface area contributed by atoms with Crippen LogP contribution in [-0.2, 0) is 15.7 Å². The van der Waals surface area contributed by atoms with Crippen molar-refractivity contribution in [2.24, 2.45) is 0 Å². The number of halogens is 5. The highest BCUT2D eigenvalue weighted by atomic mass is 19.4. The topological polar surface area (TPSA) is 63.9 Å². The SMILES string of the molecule is O=C1NCCN(CC(F)(F)[C@@H]2COCCO2)c2c1oc1ccc(C(F)(F)F)cc21. The number of nitrogens with zero attached hydrogens (tertiary/aromatic N) is 1. The molecule has 0 aliphatic carbocycles. The van der Waals surface area contributed by atoms with Crippen LogP contribution in [0.1, 0.15) is 16.1 Å². The Kier molecular flexibility index (Phi) is 4.89. The van der Waals surface area contributed by atoms with Gasteiger partial charge in [0.25, 0.3) is 11.8 Å². The van der Waals surface area contributed by atoms with E-state index >= 15 is 0 Å². The van der Waals surface area contributed by atoms with Crippen LogP contribution >= 0.6 is 0 Å². The maximum Gasteiger partial charge on any atom is 0.416 e. The molecule has 2 aliphatic heterocycles. The molecule has 6 nitrogen and oxygen atoms in total. The maximum absolute atomic E-state index is 14.8. The van der Waals surface area contributed by atoms with Gasteiger partial charge in [-0.15, -0.1) is 0 Å². The fourth-order valence-electron chi connectivity index (χ4n) is 3.47. The number of hydrogen-bond acceptors (Lipinski definition) is 5. The molecule has 2 aromatic rings. The maximum atomic E-state index is 14.8. The lowest BCUT2D eigenvalue weighted by atomic mass is 10.1. The van der Waals surface area contributed by atoms with Crippen molar-refractivity contribution in [1.29, 1.82) is 0 Å². The Morgan fingerprint density at radius 3 is 2.66 bits per heavy atom. The minimum Gasteiger partial charge on any atom is -0.449 e. The summed E-state index contributed by atoms with van der Waals surface area (Å²) in [5.74, 6) is -4.34. The third kappa shape index (κ3) is 3.76. The average Bonchev–Trinajstić information content (AvgIpc) is 2.99. The van der Waals surface area contributed by atoms with Gasteiger partial charge in [0.1, 0.15) is 11.7 Å². The molecule has 3 heterocycles. The van der Waals surface area contributed by atoms with Gasteiger partial charge in [0.2, 0.25) is 5.76 Å². The van der Waals surface area contributed by atoms with E-state index in [9.17, 15) is 26.7 Å². The summed E-state index contributed by atoms with van der Waals surface area (Å²) in [6.45, 7) is -0.932. The van der Waals surface area contributed by atoms with Gasteiger partial charge in [0.15, 0.2) is 0 Å². The van der Waals surface area contributed by atoms with Gasteiger partial charge in [0.05, 0.1) is 37.6 Å². The molecular formula is C18H17F5N2O4. The van der Waals surface area contributed by atoms with Gasteiger partial charge >= 0.3 is 6.18 Å². The molecule has 1 saturated heterocycles. The Labute approximate surface area is 161 Å². The number of anilines is 1. The summed E-state index contributed by atoms with van der Waals surface area (Å²) in [4.78, 5) is 13.4. The quantitative estimate of drug-likeness (QED) is 0.774. The number of rotatable bonds is 3. The number of furan rings is 1. The van der Waals surface area contributed by atoms with Crippen molar-refractivity contribution in [3.63, 3.8) is 0 Å². The summed E-state index contributed by atoms with van der Waals surface area (Å²) >= 11 is 0. The fourth-order valence-corrected chi connectivity index (χ4v) is 3.47. The average molecular weight is 420 g/mol. The molecule has 2 aliphatic rings. The highest BCUT2D eigenvalue weighted by Crippen LogP contribution is 2.40. The lowest BCUT2D eigenvalue weighted by Crippen LogP contribution is -2.51. The van der Waals surface area contributed by atoms with Crippen LogP contribution in [0, 0.1) is 0 Å². The van der Waals surface area contributed by atoms with Crippen LogP contribution in [0.4, 0.5) is 27.6 Å². The Morgan fingerprint density at radius 2 is 1.97 bits per heavy atom. The van der Waals surface area contributed by atoms with Crippen molar-refractivity contribution in [2.45, 2.75) is 18.2 Å². The zero-order valence-corrected chi connectivity index (χ0v) is 15.0. The zero-order chi connectivity index (χ0) is 20.8. The minimum atomic E-state index is -4.63. The van der Waals surface area contributed by atoms with Crippen molar-refractivity contribution >= 4 is 22.6 Å². The molecule has 1 amide bonds. The molecule has 11 heteroatoms. The first-order valence-corrected chi connectivity index (χ1v) is 8.91. The third-order valence-electron chi connectivity index (χ3n) is 4.87. The fraction of sp³-hybridized carbons (Fsp3) is 0.500. The Hall–Kier alpha value is -2.40. The van der Waals surface area contributed by atoms with Gasteiger partial charge in [-0.05, 0) is 18.2 Å². The summed E-state index contributed by atoms with van der Waals surface area (Å²) < 4.78 is 84.7. The largest absolute Gasteiger partial charge is 0.449 e. The van der Waals surface area contributed by atoms with E-state index < -0.39 is 36.2 Å². The Balaban J connectivity index is 1.76. The normalized spacial score (nSPS) is 21.1. The first kappa shape index (κ1) is 19.9. The van der Waals surface area contributed by atoms with Gasteiger partial charge in [-0.2, -0.15) is 13.2 Å². The highest BCUT2D eigenvalue weighted by Gasteiger charge is 2.45. The number of alkyl halides is 5. The highest BCUT2D eigenvalue weighted by molar-refractivity contribution is 6.07. The van der Waals surface area contributed by atoms with E-state index in [1.807, 2.05) is 0 Å². The van der Waals surface area contributed by atoms with E-state index in [0.29, 0.717) is 0 Å². The van der Waals surface area contributed by atoms with Gasteiger partial charge in [0, 0.05) is 18.5 Å². The van der Waals surface area contributed by atoms with Crippen LogP contribution in [0.2, 0.25) is 0 Å². The summed E-state index contributed by atoms with van der Waals surface area (Å²) in [7, 11) is 0. The predicted octanol–water partition coefficient (Wildman–Crippen LogP) is 3.05. The minimum absolute atomic E-state index is 0.00520. The molecule has 0 radical (unpaired) electrons. The number of fused-ring (bicyclic) bond motifs is 3. The van der Waals surface area contributed by atoms with E-state index in [2.05, 4.69) is 5.32 Å². The summed E-state index contributed by atoms with van der Waals surface area (Å²) in [5, 5.41) is 2.45. The molecule has 0 saturated carbocycles. The second-order valence-electron chi connectivity index (χ2n) is 6.86. The molecule has 0 bridgehead atoms. The summed E-state index contributed by atoms with van der Waals surface area (Å²) in [6, 6.07) is 2.70. The van der Waals surface area contributed by atoms with Gasteiger partial charge in [-0.3, -0.25) is 4.79 Å². The number of benzene rings is 1. The second kappa shape index (κ2) is 7.13. The lowest BCUT2D eigenvalue weighted by Gasteiger charge is -2.34. The van der Waals surface area contributed by atoms with Crippen molar-refractivity contribution in [3.05, 3.63) is 29.5 Å². The molecular weight excluding hydrogens is 403 g/mol. The van der Waals surface area contributed by atoms with Crippen LogP contribution in [0.25, 0.3) is 11.0 Å². The molecule has 4 rings (SSSR count). The molecule has 1 fully saturated rings. The first-order chi connectivity index (χ1) is 13.7. The smallest absolute Gasteiger partial charge is 0.416 e. The Morgan fingerprint density at radius 1 is 1.17 bits per heavy atom. The van der Waals surface area contributed by atoms with Crippen molar-refractivity contribution in [2.75, 3.05) is 44.4 Å². The van der Waals surface area contributed by atoms with Gasteiger partial charge in [-0.1, -0.05) is 0 Å². The van der Waals surface area contributed by atoms with Crippen molar-refractivity contribution in [3.8, 4) is 0 Å². The van der Waals surface area contributed by atoms with Crippen LogP contribution in [0.3, 0.4) is 0 Å². The van der Waals surface area contributed by atoms with Crippen LogP contribution < -0.4 is 10.2 Å². The number of amides is 1. The molecule has 0 unspecified atom stereocenters. The molecule has 1 N–H and O–H groups in total. The Bertz CT molecular complexity index is 921. The second-order valence-corrected chi connectivity index (χ2v) is 6.86. The van der Waals surface area contributed by atoms with E-state index in [1.54, 1.807) is 0 Å². The van der Waals surface area contributed by atoms with Crippen LogP contribution in [0.15, 0.2) is 22.6 Å². The van der Waals surface area contributed by atoms with Gasteiger partial charge < -0.3 is 24.1 Å². The summed E-state index contributed by atoms with van der Waals surface area (Å²) in [5.41, 5.74) is -1.04. The number of ether oxygens (including phenoxy) is 2. The molecule has 1 aromatic heterocycles. The molecule has 1 atom stereocenters. The van der Waals surface area contributed by atoms with Gasteiger partial charge in [-0.25, -0.2) is 8.78 Å². The number of carbonyl (C=O) groups excluding carboxylic acids is 1. The van der Waals surface area contributed by atoms with Crippen LogP contribution in [0.5, 0.6) is 0 Å². The first-order valence-electron chi connectivity index (χ1n) is 8.91. The van der Waals surface area contributed by atoms with E-state index in [1.165, 1.54) is 0 Å². The van der Waals surface area contributed by atoms with Crippen LogP contribution in [-0.4, -0.2) is 57.4 Å². The van der Waals surface area contributed by atoms with Crippen molar-refractivity contribution < 1.29 is 40.6 Å². The number of carbonyl (C=O) groups is 1. The monoisotopic (exact) mass is 420 g/mol. The predicted molar refractivity (Wildman–Crippen MR) is 91.3 cm³/mol. The number of nitrogens with one attached hydrogen (secondary N) is 1. The standard InChI is InChI=1S/C18H17F5N2O4/c19-17(20,13-8-27-5-6-28-13)9-25-4-3-24-16(26)15-14(25)11-7-10(18(21,22)23)1-2-12(11)29-15/h1-2,7,13H,3-6,8-9H2,(H,24,26)/t13-/m0/s1.